The molecule has 0 spiro atoms. The van der Waals surface area contributed by atoms with Gasteiger partial charge in [-0.1, -0.05) is 78.9 Å². The maximum absolute atomic E-state index is 15.2. The zero-order chi connectivity index (χ0) is 25.5. The Morgan fingerprint density at radius 1 is 0.474 bits per heavy atom. The summed E-state index contributed by atoms with van der Waals surface area (Å²) in [5.41, 5.74) is 6.40. The van der Waals surface area contributed by atoms with E-state index in [2.05, 4.69) is 94.6 Å². The molecule has 1 unspecified atom stereocenters. The highest BCUT2D eigenvalue weighted by Crippen LogP contribution is 2.52. The van der Waals surface area contributed by atoms with E-state index >= 15 is 4.57 Å². The minimum atomic E-state index is -3.08. The molecule has 7 rings (SSSR count). The fourth-order valence-electron chi connectivity index (χ4n) is 5.36. The summed E-state index contributed by atoms with van der Waals surface area (Å²) in [6, 6.07) is 43.1. The molecule has 0 fully saturated rings. The molecule has 0 saturated heterocycles. The van der Waals surface area contributed by atoms with Gasteiger partial charge in [0, 0.05) is 58.6 Å². The van der Waals surface area contributed by atoms with Gasteiger partial charge in [0.1, 0.15) is 0 Å². The van der Waals surface area contributed by atoms with Crippen molar-refractivity contribution >= 4 is 23.1 Å². The van der Waals surface area contributed by atoms with Gasteiger partial charge in [0.2, 0.25) is 11.4 Å². The standard InChI is InChI=1S/C34H25N2OP/c37-38(30-14-8-3-9-15-30)33-24-27(26-18-21-35(22-19-26)28-10-4-1-5-11-28)16-17-31(33)32-20-23-36(25-34(32)38)29-12-6-2-7-13-29/h1-25H/q+2. The van der Waals surface area contributed by atoms with E-state index in [0.29, 0.717) is 0 Å². The molecule has 1 aliphatic heterocycles. The normalized spacial score (nSPS) is 15.6. The summed E-state index contributed by atoms with van der Waals surface area (Å²) in [6.07, 6.45) is 8.27. The van der Waals surface area contributed by atoms with Gasteiger partial charge >= 0.3 is 0 Å². The molecule has 0 amide bonds. The second-order valence-electron chi connectivity index (χ2n) is 9.49. The average molecular weight is 509 g/mol. The molecule has 0 saturated carbocycles. The molecule has 2 aromatic heterocycles. The lowest BCUT2D eigenvalue weighted by Crippen LogP contribution is -2.35. The Labute approximate surface area is 222 Å². The number of hydrogen-bond donors (Lipinski definition) is 0. The molecule has 1 atom stereocenters. The van der Waals surface area contributed by atoms with E-state index in [4.69, 9.17) is 0 Å². The van der Waals surface area contributed by atoms with Crippen molar-refractivity contribution in [3.63, 3.8) is 0 Å². The first-order valence-electron chi connectivity index (χ1n) is 12.7. The highest BCUT2D eigenvalue weighted by molar-refractivity contribution is 7.86. The minimum Gasteiger partial charge on any atom is -0.308 e. The summed E-state index contributed by atoms with van der Waals surface area (Å²) >= 11 is 0. The van der Waals surface area contributed by atoms with E-state index in [0.717, 1.165) is 49.5 Å². The number of rotatable bonds is 4. The van der Waals surface area contributed by atoms with Gasteiger partial charge in [-0.05, 0) is 22.8 Å². The van der Waals surface area contributed by atoms with E-state index in [1.807, 2.05) is 66.7 Å². The van der Waals surface area contributed by atoms with Crippen LogP contribution in [0.5, 0.6) is 0 Å². The number of para-hydroxylation sites is 2. The number of pyridine rings is 2. The lowest BCUT2D eigenvalue weighted by atomic mass is 10.0. The Morgan fingerprint density at radius 2 is 1.03 bits per heavy atom. The average Bonchev–Trinajstić information content (AvgIpc) is 3.26. The molecular formula is C34H25N2OP+2. The first kappa shape index (κ1) is 22.6. The van der Waals surface area contributed by atoms with E-state index in [1.54, 1.807) is 0 Å². The van der Waals surface area contributed by atoms with E-state index in [1.165, 1.54) is 0 Å². The van der Waals surface area contributed by atoms with Gasteiger partial charge in [-0.3, -0.25) is 0 Å². The predicted molar refractivity (Wildman–Crippen MR) is 153 cm³/mol. The summed E-state index contributed by atoms with van der Waals surface area (Å²) in [5.74, 6) is 0. The largest absolute Gasteiger partial charge is 0.308 e. The molecule has 4 aromatic carbocycles. The first-order chi connectivity index (χ1) is 18.7. The molecule has 180 valence electrons. The van der Waals surface area contributed by atoms with Gasteiger partial charge in [0.25, 0.3) is 0 Å². The lowest BCUT2D eigenvalue weighted by molar-refractivity contribution is -0.595. The second kappa shape index (κ2) is 9.06. The lowest BCUT2D eigenvalue weighted by Gasteiger charge is -2.15. The summed E-state index contributed by atoms with van der Waals surface area (Å²) in [4.78, 5) is 0. The molecule has 4 heteroatoms. The first-order valence-corrected chi connectivity index (χ1v) is 14.4. The van der Waals surface area contributed by atoms with Crippen LogP contribution >= 0.6 is 7.14 Å². The van der Waals surface area contributed by atoms with E-state index < -0.39 is 7.14 Å². The Morgan fingerprint density at radius 3 is 1.68 bits per heavy atom. The highest BCUT2D eigenvalue weighted by Gasteiger charge is 2.42. The number of hydrogen-bond acceptors (Lipinski definition) is 1. The third-order valence-electron chi connectivity index (χ3n) is 7.30. The van der Waals surface area contributed by atoms with Gasteiger partial charge in [-0.2, -0.15) is 9.13 Å². The molecule has 0 aliphatic carbocycles. The predicted octanol–water partition coefficient (Wildman–Crippen LogP) is 5.53. The Bertz CT molecular complexity index is 1820. The Balaban J connectivity index is 1.37. The minimum absolute atomic E-state index is 0.859. The number of benzene rings is 4. The quantitative estimate of drug-likeness (QED) is 0.227. The van der Waals surface area contributed by atoms with Gasteiger partial charge in [-0.15, -0.1) is 0 Å². The van der Waals surface area contributed by atoms with Crippen molar-refractivity contribution in [3.05, 3.63) is 152 Å². The van der Waals surface area contributed by atoms with Crippen LogP contribution in [0.4, 0.5) is 0 Å². The number of aromatic nitrogens is 2. The van der Waals surface area contributed by atoms with Crippen molar-refractivity contribution in [2.24, 2.45) is 0 Å². The molecule has 0 bridgehead atoms. The van der Waals surface area contributed by atoms with E-state index in [-0.39, 0.29) is 0 Å². The molecule has 6 aromatic rings. The van der Waals surface area contributed by atoms with Crippen LogP contribution < -0.4 is 25.0 Å². The van der Waals surface area contributed by atoms with Crippen molar-refractivity contribution in [3.8, 4) is 33.6 Å². The van der Waals surface area contributed by atoms with Crippen LogP contribution in [0.3, 0.4) is 0 Å². The SMILES string of the molecule is O=P1(c2ccccc2)c2cc(-c3cc[n+](-c4ccccc4)cc3)ccc2-c2cc[n+](-c3ccccc3)cc21. The molecule has 3 nitrogen and oxygen atoms in total. The number of fused-ring (bicyclic) bond motifs is 3. The molecule has 1 aliphatic rings. The third-order valence-corrected chi connectivity index (χ3v) is 10.4. The van der Waals surface area contributed by atoms with Crippen LogP contribution in [0.1, 0.15) is 0 Å². The van der Waals surface area contributed by atoms with Crippen LogP contribution in [-0.2, 0) is 4.57 Å². The molecular weight excluding hydrogens is 483 g/mol. The van der Waals surface area contributed by atoms with Gasteiger partial charge in [0.15, 0.2) is 31.9 Å². The highest BCUT2D eigenvalue weighted by atomic mass is 31.2. The fraction of sp³-hybridized carbons (Fsp3) is 0. The van der Waals surface area contributed by atoms with Gasteiger partial charge in [-0.25, -0.2) is 0 Å². The molecule has 0 N–H and O–H groups in total. The summed E-state index contributed by atoms with van der Waals surface area (Å²) in [6.45, 7) is 0. The zero-order valence-electron chi connectivity index (χ0n) is 20.7. The van der Waals surface area contributed by atoms with E-state index in [9.17, 15) is 0 Å². The third kappa shape index (κ3) is 3.63. The van der Waals surface area contributed by atoms with Gasteiger partial charge in [0.05, 0.1) is 5.30 Å². The van der Waals surface area contributed by atoms with Crippen LogP contribution in [-0.4, -0.2) is 0 Å². The molecule has 38 heavy (non-hydrogen) atoms. The summed E-state index contributed by atoms with van der Waals surface area (Å²) < 4.78 is 19.4. The zero-order valence-corrected chi connectivity index (χ0v) is 21.6. The second-order valence-corrected chi connectivity index (χ2v) is 12.2. The number of nitrogens with zero attached hydrogens (tertiary/aromatic N) is 2. The van der Waals surface area contributed by atoms with Crippen molar-refractivity contribution in [1.82, 2.24) is 0 Å². The monoisotopic (exact) mass is 508 g/mol. The van der Waals surface area contributed by atoms with Crippen molar-refractivity contribution < 1.29 is 13.7 Å². The van der Waals surface area contributed by atoms with Gasteiger partial charge < -0.3 is 4.57 Å². The van der Waals surface area contributed by atoms with Crippen molar-refractivity contribution in [2.75, 3.05) is 0 Å². The Kier molecular flexibility index (Phi) is 5.39. The maximum atomic E-state index is 15.2. The van der Waals surface area contributed by atoms with Crippen molar-refractivity contribution in [2.45, 2.75) is 0 Å². The van der Waals surface area contributed by atoms with Crippen LogP contribution in [0, 0.1) is 0 Å². The van der Waals surface area contributed by atoms with Crippen LogP contribution in [0.15, 0.2) is 152 Å². The molecule has 3 heterocycles. The van der Waals surface area contributed by atoms with Crippen LogP contribution in [0.25, 0.3) is 33.6 Å². The topological polar surface area (TPSA) is 24.8 Å². The molecule has 0 radical (unpaired) electrons. The smallest absolute Gasteiger partial charge is 0.210 e. The summed E-state index contributed by atoms with van der Waals surface area (Å²) in [5, 5.41) is 2.65. The fourth-order valence-corrected chi connectivity index (χ4v) is 8.44. The maximum Gasteiger partial charge on any atom is 0.210 e. The van der Waals surface area contributed by atoms with Crippen LogP contribution in [0.2, 0.25) is 0 Å². The van der Waals surface area contributed by atoms with Crippen molar-refractivity contribution in [1.29, 1.82) is 0 Å². The Hall–Kier alpha value is -4.59. The summed E-state index contributed by atoms with van der Waals surface area (Å²) in [7, 11) is -3.08.